The van der Waals surface area contributed by atoms with Crippen LogP contribution < -0.4 is 0 Å². The second-order valence-electron chi connectivity index (χ2n) is 5.67. The van der Waals surface area contributed by atoms with Crippen LogP contribution in [-0.4, -0.2) is 34.7 Å². The highest BCUT2D eigenvalue weighted by molar-refractivity contribution is 5.98. The van der Waals surface area contributed by atoms with Gasteiger partial charge in [0, 0.05) is 19.2 Å². The van der Waals surface area contributed by atoms with Gasteiger partial charge >= 0.3 is 6.18 Å². The molecule has 1 aromatic carbocycles. The fourth-order valence-corrected chi connectivity index (χ4v) is 3.07. The average molecular weight is 351 g/mol. The van der Waals surface area contributed by atoms with Gasteiger partial charge in [0.25, 0.3) is 5.91 Å². The van der Waals surface area contributed by atoms with E-state index in [0.29, 0.717) is 16.8 Å². The van der Waals surface area contributed by atoms with Gasteiger partial charge in [-0.3, -0.25) is 9.89 Å². The number of alkyl halides is 3. The molecule has 1 aromatic heterocycles. The van der Waals surface area contributed by atoms with Crippen molar-refractivity contribution in [3.05, 3.63) is 65.0 Å². The number of aromatic nitrogens is 2. The van der Waals surface area contributed by atoms with Gasteiger partial charge in [-0.2, -0.15) is 18.3 Å². The molecule has 25 heavy (non-hydrogen) atoms. The minimum atomic E-state index is -4.46. The molecule has 0 fully saturated rings. The number of methoxy groups -OCH3 is 1. The summed E-state index contributed by atoms with van der Waals surface area (Å²) in [6.45, 7) is 3.99. The number of H-pyrrole nitrogens is 1. The predicted molar refractivity (Wildman–Crippen MR) is 83.8 cm³/mol. The van der Waals surface area contributed by atoms with Crippen molar-refractivity contribution in [2.45, 2.75) is 18.8 Å². The Labute approximate surface area is 142 Å². The molecule has 1 unspecified atom stereocenters. The summed E-state index contributed by atoms with van der Waals surface area (Å²) in [6, 6.07) is 4.30. The van der Waals surface area contributed by atoms with Crippen LogP contribution in [0.3, 0.4) is 0 Å². The quantitative estimate of drug-likeness (QED) is 0.841. The number of benzene rings is 1. The number of fused-ring (bicyclic) bond motifs is 1. The van der Waals surface area contributed by atoms with Crippen LogP contribution in [-0.2, 0) is 17.5 Å². The Kier molecular flexibility index (Phi) is 4.38. The number of nitrogens with one attached hydrogen (secondary N) is 1. The van der Waals surface area contributed by atoms with Gasteiger partial charge in [-0.05, 0) is 17.7 Å². The third-order valence-electron chi connectivity index (χ3n) is 4.08. The molecule has 0 saturated carbocycles. The van der Waals surface area contributed by atoms with Crippen LogP contribution in [0.5, 0.6) is 0 Å². The summed E-state index contributed by atoms with van der Waals surface area (Å²) in [5.41, 5.74) is 0.924. The smallest absolute Gasteiger partial charge is 0.378 e. The van der Waals surface area contributed by atoms with Gasteiger partial charge in [0.15, 0.2) is 5.69 Å². The summed E-state index contributed by atoms with van der Waals surface area (Å²) in [5.74, 6) is -0.351. The summed E-state index contributed by atoms with van der Waals surface area (Å²) in [4.78, 5) is 14.1. The van der Waals surface area contributed by atoms with Gasteiger partial charge in [0.05, 0.1) is 23.9 Å². The van der Waals surface area contributed by atoms with Gasteiger partial charge in [0.1, 0.15) is 0 Å². The van der Waals surface area contributed by atoms with Crippen LogP contribution in [0.25, 0.3) is 0 Å². The zero-order valence-electron chi connectivity index (χ0n) is 13.4. The third-order valence-corrected chi connectivity index (χ3v) is 4.08. The molecule has 3 rings (SSSR count). The van der Waals surface area contributed by atoms with Crippen molar-refractivity contribution in [3.8, 4) is 0 Å². The summed E-state index contributed by atoms with van der Waals surface area (Å²) >= 11 is 0. The first kappa shape index (κ1) is 17.2. The fraction of sp³-hybridized carbons (Fsp3) is 0.294. The molecule has 1 aliphatic rings. The first-order valence-corrected chi connectivity index (χ1v) is 7.53. The molecule has 5 nitrogen and oxygen atoms in total. The number of halogens is 3. The topological polar surface area (TPSA) is 58.2 Å². The van der Waals surface area contributed by atoms with E-state index in [9.17, 15) is 18.0 Å². The van der Waals surface area contributed by atoms with E-state index in [0.717, 1.165) is 12.1 Å². The lowest BCUT2D eigenvalue weighted by molar-refractivity contribution is -0.137. The standard InChI is InChI=1S/C17H16F3N3O2/c1-3-7-23-15(10-5-4-6-11(8-10)17(18,19)20)13-12(9-25-2)21-22-14(13)16(23)24/h3-6,8,15H,1,7,9H2,2H3,(H,21,22). The monoisotopic (exact) mass is 351 g/mol. The second-order valence-corrected chi connectivity index (χ2v) is 5.67. The van der Waals surface area contributed by atoms with E-state index >= 15 is 0 Å². The zero-order valence-corrected chi connectivity index (χ0v) is 13.4. The Bertz CT molecular complexity index is 814. The second kappa shape index (κ2) is 6.36. The van der Waals surface area contributed by atoms with Crippen molar-refractivity contribution in [2.24, 2.45) is 0 Å². The molecule has 1 aliphatic heterocycles. The highest BCUT2D eigenvalue weighted by Crippen LogP contribution is 2.41. The maximum Gasteiger partial charge on any atom is 0.416 e. The molecular weight excluding hydrogens is 335 g/mol. The normalized spacial score (nSPS) is 17.0. The largest absolute Gasteiger partial charge is 0.416 e. The van der Waals surface area contributed by atoms with Crippen molar-refractivity contribution in [3.63, 3.8) is 0 Å². The van der Waals surface area contributed by atoms with E-state index < -0.39 is 17.8 Å². The molecule has 0 aliphatic carbocycles. The molecule has 0 saturated heterocycles. The summed E-state index contributed by atoms with van der Waals surface area (Å²) in [5, 5.41) is 6.77. The summed E-state index contributed by atoms with van der Waals surface area (Å²) in [6.07, 6.45) is -2.93. The average Bonchev–Trinajstić information content (AvgIpc) is 3.08. The lowest BCUT2D eigenvalue weighted by Gasteiger charge is -2.25. The number of hydrogen-bond acceptors (Lipinski definition) is 3. The van der Waals surface area contributed by atoms with E-state index in [2.05, 4.69) is 16.8 Å². The van der Waals surface area contributed by atoms with Crippen LogP contribution in [0.4, 0.5) is 13.2 Å². The molecule has 1 amide bonds. The van der Waals surface area contributed by atoms with Crippen molar-refractivity contribution < 1.29 is 22.7 Å². The lowest BCUT2D eigenvalue weighted by Crippen LogP contribution is -2.30. The molecule has 0 radical (unpaired) electrons. The number of ether oxygens (including phenoxy) is 1. The van der Waals surface area contributed by atoms with Crippen molar-refractivity contribution in [1.29, 1.82) is 0 Å². The lowest BCUT2D eigenvalue weighted by atomic mass is 9.97. The van der Waals surface area contributed by atoms with Crippen molar-refractivity contribution in [2.75, 3.05) is 13.7 Å². The maximum atomic E-state index is 13.1. The van der Waals surface area contributed by atoms with Gasteiger partial charge in [0.2, 0.25) is 0 Å². The number of carbonyl (C=O) groups excluding carboxylic acids is 1. The van der Waals surface area contributed by atoms with Crippen LogP contribution in [0.1, 0.15) is 38.9 Å². The number of hydrogen-bond donors (Lipinski definition) is 1. The van der Waals surface area contributed by atoms with E-state index in [1.165, 1.54) is 24.2 Å². The van der Waals surface area contributed by atoms with E-state index in [4.69, 9.17) is 4.74 Å². The number of nitrogens with zero attached hydrogens (tertiary/aromatic N) is 2. The molecule has 2 heterocycles. The number of carbonyl (C=O) groups is 1. The van der Waals surface area contributed by atoms with Gasteiger partial charge < -0.3 is 9.64 Å². The van der Waals surface area contributed by atoms with Crippen molar-refractivity contribution in [1.82, 2.24) is 15.1 Å². The third kappa shape index (κ3) is 2.93. The SMILES string of the molecule is C=CCN1C(=O)c2n[nH]c(COC)c2C1c1cccc(C(F)(F)F)c1. The molecule has 1 atom stereocenters. The first-order valence-electron chi connectivity index (χ1n) is 7.53. The predicted octanol–water partition coefficient (Wildman–Crippen LogP) is 3.31. The Morgan fingerprint density at radius 3 is 2.84 bits per heavy atom. The molecule has 132 valence electrons. The van der Waals surface area contributed by atoms with Crippen LogP contribution in [0.2, 0.25) is 0 Å². The number of rotatable bonds is 5. The Hall–Kier alpha value is -2.61. The highest BCUT2D eigenvalue weighted by Gasteiger charge is 2.42. The minimum absolute atomic E-state index is 0.174. The molecule has 0 bridgehead atoms. The molecule has 1 N–H and O–H groups in total. The Morgan fingerprint density at radius 2 is 2.20 bits per heavy atom. The summed E-state index contributed by atoms with van der Waals surface area (Å²) in [7, 11) is 1.49. The van der Waals surface area contributed by atoms with E-state index in [1.54, 1.807) is 6.07 Å². The van der Waals surface area contributed by atoms with Gasteiger partial charge in [-0.25, -0.2) is 0 Å². The maximum absolute atomic E-state index is 13.1. The van der Waals surface area contributed by atoms with Crippen LogP contribution in [0.15, 0.2) is 36.9 Å². The van der Waals surface area contributed by atoms with E-state index in [1.807, 2.05) is 0 Å². The van der Waals surface area contributed by atoms with Gasteiger partial charge in [-0.15, -0.1) is 6.58 Å². The number of amides is 1. The van der Waals surface area contributed by atoms with Crippen LogP contribution >= 0.6 is 0 Å². The molecule has 0 spiro atoms. The Morgan fingerprint density at radius 1 is 1.44 bits per heavy atom. The molecule has 8 heteroatoms. The summed E-state index contributed by atoms with van der Waals surface area (Å²) < 4.78 is 44.3. The molecule has 2 aromatic rings. The van der Waals surface area contributed by atoms with Crippen LogP contribution in [0, 0.1) is 0 Å². The van der Waals surface area contributed by atoms with Crippen molar-refractivity contribution >= 4 is 5.91 Å². The zero-order chi connectivity index (χ0) is 18.2. The molecular formula is C17H16F3N3O2. The highest BCUT2D eigenvalue weighted by atomic mass is 19.4. The van der Waals surface area contributed by atoms with Gasteiger partial charge in [-0.1, -0.05) is 18.2 Å². The Balaban J connectivity index is 2.14. The fourth-order valence-electron chi connectivity index (χ4n) is 3.07. The van der Waals surface area contributed by atoms with E-state index in [-0.39, 0.29) is 24.8 Å². The first-order chi connectivity index (χ1) is 11.9. The minimum Gasteiger partial charge on any atom is -0.378 e. The number of aromatic amines is 1.